The number of ketones is 1. The lowest BCUT2D eigenvalue weighted by molar-refractivity contribution is -0.131. The van der Waals surface area contributed by atoms with Crippen LogP contribution in [0.25, 0.3) is 0 Å². The molecule has 70 valence electrons. The summed E-state index contributed by atoms with van der Waals surface area (Å²) in [7, 11) is 0. The largest absolute Gasteiger partial charge is 0.377 e. The fourth-order valence-corrected chi connectivity index (χ4v) is 1.83. The molecular weight excluding hydrogens is 152 g/mol. The van der Waals surface area contributed by atoms with Crippen LogP contribution in [-0.4, -0.2) is 18.5 Å². The Morgan fingerprint density at radius 2 is 2.17 bits per heavy atom. The summed E-state index contributed by atoms with van der Waals surface area (Å²) in [4.78, 5) is 11.1. The number of carbonyl (C=O) groups is 1. The smallest absolute Gasteiger partial charge is 0.137 e. The van der Waals surface area contributed by atoms with Crippen LogP contribution >= 0.6 is 0 Å². The summed E-state index contributed by atoms with van der Waals surface area (Å²) in [6.45, 7) is 4.97. The Bertz CT molecular complexity index is 150. The Kier molecular flexibility index (Phi) is 3.73. The highest BCUT2D eigenvalue weighted by atomic mass is 16.5. The average molecular weight is 170 g/mol. The summed E-state index contributed by atoms with van der Waals surface area (Å²) in [5, 5.41) is 0. The monoisotopic (exact) mass is 170 g/mol. The molecule has 1 unspecified atom stereocenters. The van der Waals surface area contributed by atoms with E-state index in [1.54, 1.807) is 0 Å². The van der Waals surface area contributed by atoms with Crippen molar-refractivity contribution in [1.29, 1.82) is 0 Å². The third kappa shape index (κ3) is 2.31. The topological polar surface area (TPSA) is 26.3 Å². The molecule has 12 heavy (non-hydrogen) atoms. The molecule has 1 rings (SSSR count). The van der Waals surface area contributed by atoms with Crippen molar-refractivity contribution in [3.63, 3.8) is 0 Å². The molecule has 0 amide bonds. The number of rotatable bonds is 3. The number of Topliss-reactive ketones (excluding diaryl/α,β-unsaturated/α-hetero) is 1. The molecule has 0 aromatic carbocycles. The van der Waals surface area contributed by atoms with Crippen LogP contribution in [0.4, 0.5) is 0 Å². The molecule has 1 atom stereocenters. The van der Waals surface area contributed by atoms with Gasteiger partial charge in [-0.25, -0.2) is 0 Å². The van der Waals surface area contributed by atoms with E-state index in [2.05, 4.69) is 13.8 Å². The lowest BCUT2D eigenvalue weighted by Crippen LogP contribution is -2.31. The SMILES string of the molecule is CCC(CC)C1CC(=O)CCO1. The van der Waals surface area contributed by atoms with Crippen LogP contribution < -0.4 is 0 Å². The predicted octanol–water partition coefficient (Wildman–Crippen LogP) is 2.17. The van der Waals surface area contributed by atoms with Gasteiger partial charge in [-0.05, 0) is 5.92 Å². The highest BCUT2D eigenvalue weighted by molar-refractivity contribution is 5.79. The molecule has 0 radical (unpaired) electrons. The van der Waals surface area contributed by atoms with E-state index >= 15 is 0 Å². The van der Waals surface area contributed by atoms with Crippen LogP contribution in [0.3, 0.4) is 0 Å². The van der Waals surface area contributed by atoms with E-state index in [-0.39, 0.29) is 6.10 Å². The van der Waals surface area contributed by atoms with Gasteiger partial charge in [-0.2, -0.15) is 0 Å². The van der Waals surface area contributed by atoms with Crippen molar-refractivity contribution in [2.75, 3.05) is 6.61 Å². The summed E-state index contributed by atoms with van der Waals surface area (Å²) >= 11 is 0. The summed E-state index contributed by atoms with van der Waals surface area (Å²) in [6.07, 6.45) is 3.72. The van der Waals surface area contributed by atoms with Gasteiger partial charge in [0.05, 0.1) is 12.7 Å². The van der Waals surface area contributed by atoms with E-state index in [0.717, 1.165) is 12.8 Å². The van der Waals surface area contributed by atoms with Gasteiger partial charge in [0.25, 0.3) is 0 Å². The molecule has 0 aliphatic carbocycles. The molecule has 2 heteroatoms. The van der Waals surface area contributed by atoms with Crippen LogP contribution in [0, 0.1) is 5.92 Å². The second-order valence-corrected chi connectivity index (χ2v) is 3.48. The molecule has 1 fully saturated rings. The van der Waals surface area contributed by atoms with Gasteiger partial charge in [-0.3, -0.25) is 4.79 Å². The molecule has 1 aliphatic rings. The summed E-state index contributed by atoms with van der Waals surface area (Å²) < 4.78 is 5.57. The highest BCUT2D eigenvalue weighted by Crippen LogP contribution is 2.22. The maximum atomic E-state index is 11.1. The zero-order valence-corrected chi connectivity index (χ0v) is 8.01. The van der Waals surface area contributed by atoms with E-state index in [4.69, 9.17) is 4.74 Å². The minimum atomic E-state index is 0.209. The zero-order chi connectivity index (χ0) is 8.97. The first-order valence-corrected chi connectivity index (χ1v) is 4.91. The van der Waals surface area contributed by atoms with Crippen molar-refractivity contribution in [1.82, 2.24) is 0 Å². The van der Waals surface area contributed by atoms with Crippen molar-refractivity contribution in [3.8, 4) is 0 Å². The van der Waals surface area contributed by atoms with Gasteiger partial charge in [-0.15, -0.1) is 0 Å². The van der Waals surface area contributed by atoms with Crippen LogP contribution in [0.2, 0.25) is 0 Å². The molecule has 1 aliphatic heterocycles. The minimum absolute atomic E-state index is 0.209. The molecule has 0 saturated carbocycles. The number of hydrogen-bond acceptors (Lipinski definition) is 2. The number of carbonyl (C=O) groups excluding carboxylic acids is 1. The lowest BCUT2D eigenvalue weighted by Gasteiger charge is -2.28. The molecule has 2 nitrogen and oxygen atoms in total. The summed E-state index contributed by atoms with van der Waals surface area (Å²) in [5.74, 6) is 0.951. The quantitative estimate of drug-likeness (QED) is 0.649. The second kappa shape index (κ2) is 4.61. The van der Waals surface area contributed by atoms with E-state index < -0.39 is 0 Å². The number of hydrogen-bond donors (Lipinski definition) is 0. The van der Waals surface area contributed by atoms with Crippen molar-refractivity contribution in [3.05, 3.63) is 0 Å². The maximum Gasteiger partial charge on any atom is 0.137 e. The Balaban J connectivity index is 2.43. The predicted molar refractivity (Wildman–Crippen MR) is 48.1 cm³/mol. The summed E-state index contributed by atoms with van der Waals surface area (Å²) in [5.41, 5.74) is 0. The number of ether oxygens (including phenoxy) is 1. The van der Waals surface area contributed by atoms with E-state index in [1.165, 1.54) is 0 Å². The molecule has 0 spiro atoms. The average Bonchev–Trinajstić information content (AvgIpc) is 2.07. The van der Waals surface area contributed by atoms with Crippen LogP contribution in [0.1, 0.15) is 39.5 Å². The van der Waals surface area contributed by atoms with E-state index in [1.807, 2.05) is 0 Å². The Morgan fingerprint density at radius 3 is 2.67 bits per heavy atom. The van der Waals surface area contributed by atoms with E-state index in [0.29, 0.717) is 31.1 Å². The van der Waals surface area contributed by atoms with Crippen molar-refractivity contribution in [2.24, 2.45) is 5.92 Å². The van der Waals surface area contributed by atoms with Gasteiger partial charge >= 0.3 is 0 Å². The molecular formula is C10H18O2. The Morgan fingerprint density at radius 1 is 1.50 bits per heavy atom. The van der Waals surface area contributed by atoms with Gasteiger partial charge in [0.15, 0.2) is 0 Å². The lowest BCUT2D eigenvalue weighted by atomic mass is 9.91. The third-order valence-corrected chi connectivity index (χ3v) is 2.72. The molecule has 0 aromatic rings. The Labute approximate surface area is 74.3 Å². The standard InChI is InChI=1S/C10H18O2/c1-3-8(4-2)10-7-9(11)5-6-12-10/h8,10H,3-7H2,1-2H3. The Hall–Kier alpha value is -0.370. The molecule has 0 bridgehead atoms. The van der Waals surface area contributed by atoms with Gasteiger partial charge in [0, 0.05) is 12.8 Å². The zero-order valence-electron chi connectivity index (χ0n) is 8.01. The van der Waals surface area contributed by atoms with Crippen LogP contribution in [-0.2, 0) is 9.53 Å². The second-order valence-electron chi connectivity index (χ2n) is 3.48. The minimum Gasteiger partial charge on any atom is -0.377 e. The first kappa shape index (κ1) is 9.72. The van der Waals surface area contributed by atoms with Crippen molar-refractivity contribution < 1.29 is 9.53 Å². The van der Waals surface area contributed by atoms with Gasteiger partial charge < -0.3 is 4.74 Å². The molecule has 0 aromatic heterocycles. The van der Waals surface area contributed by atoms with Gasteiger partial charge in [0.2, 0.25) is 0 Å². The van der Waals surface area contributed by atoms with Gasteiger partial charge in [-0.1, -0.05) is 26.7 Å². The fraction of sp³-hybridized carbons (Fsp3) is 0.900. The first-order chi connectivity index (χ1) is 5.77. The highest BCUT2D eigenvalue weighted by Gasteiger charge is 2.25. The normalized spacial score (nSPS) is 24.9. The van der Waals surface area contributed by atoms with Crippen molar-refractivity contribution >= 4 is 5.78 Å². The van der Waals surface area contributed by atoms with Crippen LogP contribution in [0.15, 0.2) is 0 Å². The third-order valence-electron chi connectivity index (χ3n) is 2.72. The first-order valence-electron chi connectivity index (χ1n) is 4.91. The molecule has 1 saturated heterocycles. The van der Waals surface area contributed by atoms with Gasteiger partial charge in [0.1, 0.15) is 5.78 Å². The summed E-state index contributed by atoms with van der Waals surface area (Å²) in [6, 6.07) is 0. The maximum absolute atomic E-state index is 11.1. The molecule has 0 N–H and O–H groups in total. The van der Waals surface area contributed by atoms with Crippen molar-refractivity contribution in [2.45, 2.75) is 45.6 Å². The molecule has 1 heterocycles. The fourth-order valence-electron chi connectivity index (χ4n) is 1.83. The van der Waals surface area contributed by atoms with Crippen LogP contribution in [0.5, 0.6) is 0 Å². The van der Waals surface area contributed by atoms with E-state index in [9.17, 15) is 4.79 Å².